The average Bonchev–Trinajstić information content (AvgIpc) is 3.51. The van der Waals surface area contributed by atoms with E-state index in [9.17, 15) is 32.0 Å². The van der Waals surface area contributed by atoms with Crippen LogP contribution in [-0.2, 0) is 53.1 Å². The Morgan fingerprint density at radius 1 is 1.15 bits per heavy atom. The highest BCUT2D eigenvalue weighted by Crippen LogP contribution is 2.39. The number of benzene rings is 1. The van der Waals surface area contributed by atoms with Gasteiger partial charge in [0.15, 0.2) is 14.6 Å². The number of thiophene rings is 1. The number of hydrogen-bond donors (Lipinski definition) is 1. The number of anilines is 1. The third-order valence-corrected chi connectivity index (χ3v) is 9.35. The van der Waals surface area contributed by atoms with E-state index in [1.54, 1.807) is 6.92 Å². The maximum Gasteiger partial charge on any atom is 0.341 e. The molecule has 0 aliphatic heterocycles. The SMILES string of the molecule is CCOC(=O)Cn1c(=NC(=O)CS(=O)(=O)CC(=O)Nc2sc3c(c2C(=O)OC)CCC3)sc2cc(F)ccc21. The largest absolute Gasteiger partial charge is 0.465 e. The zero-order valence-electron chi connectivity index (χ0n) is 20.9. The first kappa shape index (κ1) is 28.6. The monoisotopic (exact) mass is 597 g/mol. The van der Waals surface area contributed by atoms with Crippen molar-refractivity contribution in [2.24, 2.45) is 4.99 Å². The Hall–Kier alpha value is -3.43. The number of carbonyl (C=O) groups excluding carboxylic acids is 4. The molecule has 0 saturated heterocycles. The van der Waals surface area contributed by atoms with Crippen LogP contribution in [0.25, 0.3) is 10.2 Å². The number of nitrogens with one attached hydrogen (secondary N) is 1. The third-order valence-electron chi connectivity index (χ3n) is 5.72. The first-order valence-electron chi connectivity index (χ1n) is 11.8. The average molecular weight is 598 g/mol. The van der Waals surface area contributed by atoms with Gasteiger partial charge in [0.05, 0.1) is 29.5 Å². The smallest absolute Gasteiger partial charge is 0.341 e. The fourth-order valence-electron chi connectivity index (χ4n) is 4.17. The minimum absolute atomic E-state index is 0.0240. The van der Waals surface area contributed by atoms with Crippen molar-refractivity contribution in [1.82, 2.24) is 4.57 Å². The van der Waals surface area contributed by atoms with Crippen LogP contribution in [0.15, 0.2) is 23.2 Å². The Labute approximate surface area is 230 Å². The van der Waals surface area contributed by atoms with Gasteiger partial charge in [-0.25, -0.2) is 17.6 Å². The van der Waals surface area contributed by atoms with Crippen LogP contribution in [0.4, 0.5) is 9.39 Å². The molecule has 11 nitrogen and oxygen atoms in total. The molecule has 0 unspecified atom stereocenters. The zero-order valence-corrected chi connectivity index (χ0v) is 23.4. The summed E-state index contributed by atoms with van der Waals surface area (Å²) in [6.07, 6.45) is 2.27. The van der Waals surface area contributed by atoms with E-state index in [1.807, 2.05) is 0 Å². The zero-order chi connectivity index (χ0) is 28.3. The number of ether oxygens (including phenoxy) is 2. The Balaban J connectivity index is 1.52. The van der Waals surface area contributed by atoms with Crippen molar-refractivity contribution in [2.45, 2.75) is 32.7 Å². The van der Waals surface area contributed by atoms with Crippen molar-refractivity contribution in [3.8, 4) is 0 Å². The standard InChI is InChI=1S/C24H24FN3O8S3/c1-3-36-20(31)10-28-15-8-7-13(25)9-17(15)38-24(28)27-19(30)12-39(33,34)11-18(29)26-22-21(23(32)35-2)14-5-4-6-16(14)37-22/h7-9H,3-6,10-12H2,1-2H3,(H,26,29). The van der Waals surface area contributed by atoms with E-state index in [0.717, 1.165) is 34.6 Å². The summed E-state index contributed by atoms with van der Waals surface area (Å²) < 4.78 is 50.5. The van der Waals surface area contributed by atoms with E-state index >= 15 is 0 Å². The van der Waals surface area contributed by atoms with Crippen LogP contribution in [-0.4, -0.2) is 62.0 Å². The van der Waals surface area contributed by atoms with Crippen molar-refractivity contribution < 1.29 is 41.5 Å². The second-order valence-corrected chi connectivity index (χ2v) is 12.7. The fraction of sp³-hybridized carbons (Fsp3) is 0.375. The van der Waals surface area contributed by atoms with Gasteiger partial charge in [0, 0.05) is 4.88 Å². The van der Waals surface area contributed by atoms with Gasteiger partial charge in [-0.3, -0.25) is 14.4 Å². The molecule has 2 aromatic heterocycles. The van der Waals surface area contributed by atoms with Gasteiger partial charge in [-0.1, -0.05) is 11.3 Å². The molecule has 2 amide bonds. The molecule has 1 aromatic carbocycles. The number of amides is 2. The summed E-state index contributed by atoms with van der Waals surface area (Å²) in [6.45, 7) is 1.42. The second kappa shape index (κ2) is 11.8. The molecule has 0 radical (unpaired) electrons. The number of hydrogen-bond acceptors (Lipinski definition) is 10. The van der Waals surface area contributed by atoms with E-state index in [0.29, 0.717) is 16.6 Å². The minimum atomic E-state index is -4.26. The number of thiazole rings is 1. The maximum atomic E-state index is 13.7. The van der Waals surface area contributed by atoms with Crippen molar-refractivity contribution in [3.63, 3.8) is 0 Å². The summed E-state index contributed by atoms with van der Waals surface area (Å²) in [5.41, 5.74) is 1.42. The molecule has 1 aliphatic rings. The lowest BCUT2D eigenvalue weighted by Gasteiger charge is -2.07. The number of aromatic nitrogens is 1. The highest BCUT2D eigenvalue weighted by molar-refractivity contribution is 7.92. The van der Waals surface area contributed by atoms with Crippen LogP contribution in [0.2, 0.25) is 0 Å². The van der Waals surface area contributed by atoms with Gasteiger partial charge in [-0.15, -0.1) is 11.3 Å². The number of halogens is 1. The van der Waals surface area contributed by atoms with E-state index in [4.69, 9.17) is 9.47 Å². The second-order valence-electron chi connectivity index (χ2n) is 8.53. The molecular weight excluding hydrogens is 573 g/mol. The van der Waals surface area contributed by atoms with Gasteiger partial charge in [-0.2, -0.15) is 4.99 Å². The Morgan fingerprint density at radius 3 is 2.64 bits per heavy atom. The summed E-state index contributed by atoms with van der Waals surface area (Å²) in [5, 5.41) is 2.68. The van der Waals surface area contributed by atoms with E-state index in [-0.39, 0.29) is 28.5 Å². The Morgan fingerprint density at radius 2 is 1.92 bits per heavy atom. The summed E-state index contributed by atoms with van der Waals surface area (Å²) in [7, 11) is -3.04. The lowest BCUT2D eigenvalue weighted by atomic mass is 10.1. The van der Waals surface area contributed by atoms with Crippen molar-refractivity contribution in [1.29, 1.82) is 0 Å². The molecule has 1 aliphatic carbocycles. The lowest BCUT2D eigenvalue weighted by molar-refractivity contribution is -0.143. The van der Waals surface area contributed by atoms with E-state index in [1.165, 1.54) is 41.2 Å². The number of esters is 2. The molecule has 208 valence electrons. The number of fused-ring (bicyclic) bond motifs is 2. The van der Waals surface area contributed by atoms with Crippen LogP contribution in [0.5, 0.6) is 0 Å². The topological polar surface area (TPSA) is 150 Å². The van der Waals surface area contributed by atoms with Crippen LogP contribution >= 0.6 is 22.7 Å². The number of carbonyl (C=O) groups is 4. The van der Waals surface area contributed by atoms with Crippen molar-refractivity contribution in [2.75, 3.05) is 30.5 Å². The first-order valence-corrected chi connectivity index (χ1v) is 15.2. The highest BCUT2D eigenvalue weighted by Gasteiger charge is 2.29. The van der Waals surface area contributed by atoms with Gasteiger partial charge < -0.3 is 19.4 Å². The van der Waals surface area contributed by atoms with Gasteiger partial charge in [-0.05, 0) is 49.9 Å². The maximum absolute atomic E-state index is 13.7. The third kappa shape index (κ3) is 6.59. The number of rotatable bonds is 9. The number of nitrogens with zero attached hydrogens (tertiary/aromatic N) is 2. The lowest BCUT2D eigenvalue weighted by Crippen LogP contribution is -2.29. The van der Waals surface area contributed by atoms with Gasteiger partial charge in [0.1, 0.15) is 28.9 Å². The predicted molar refractivity (Wildman–Crippen MR) is 142 cm³/mol. The summed E-state index contributed by atoms with van der Waals surface area (Å²) in [4.78, 5) is 54.3. The predicted octanol–water partition coefficient (Wildman–Crippen LogP) is 2.22. The van der Waals surface area contributed by atoms with Crippen LogP contribution in [0.1, 0.15) is 34.1 Å². The van der Waals surface area contributed by atoms with E-state index in [2.05, 4.69) is 10.3 Å². The van der Waals surface area contributed by atoms with Crippen LogP contribution in [0, 0.1) is 5.82 Å². The number of aryl methyl sites for hydroxylation is 1. The Bertz CT molecular complexity index is 1650. The van der Waals surface area contributed by atoms with E-state index < -0.39 is 50.9 Å². The molecule has 0 saturated carbocycles. The molecule has 0 fully saturated rings. The highest BCUT2D eigenvalue weighted by atomic mass is 32.2. The van der Waals surface area contributed by atoms with Crippen LogP contribution < -0.4 is 10.1 Å². The summed E-state index contributed by atoms with van der Waals surface area (Å²) in [5.74, 6) is -5.86. The molecule has 0 bridgehead atoms. The first-order chi connectivity index (χ1) is 18.5. The molecule has 0 atom stereocenters. The van der Waals surface area contributed by atoms with Crippen molar-refractivity contribution in [3.05, 3.63) is 44.8 Å². The minimum Gasteiger partial charge on any atom is -0.465 e. The Kier molecular flexibility index (Phi) is 8.61. The summed E-state index contributed by atoms with van der Waals surface area (Å²) >= 11 is 2.09. The molecule has 39 heavy (non-hydrogen) atoms. The van der Waals surface area contributed by atoms with Gasteiger partial charge >= 0.3 is 11.9 Å². The van der Waals surface area contributed by atoms with Crippen LogP contribution in [0.3, 0.4) is 0 Å². The summed E-state index contributed by atoms with van der Waals surface area (Å²) in [6, 6.07) is 3.79. The molecular formula is C24H24FN3O8S3. The quantitative estimate of drug-likeness (QED) is 0.369. The van der Waals surface area contributed by atoms with Crippen molar-refractivity contribution >= 4 is 71.5 Å². The molecule has 15 heteroatoms. The molecule has 4 rings (SSSR count). The normalized spacial score (nSPS) is 13.4. The van der Waals surface area contributed by atoms with Gasteiger partial charge in [0.2, 0.25) is 5.91 Å². The number of sulfone groups is 1. The van der Waals surface area contributed by atoms with Gasteiger partial charge in [0.25, 0.3) is 5.91 Å². The molecule has 1 N–H and O–H groups in total. The molecule has 3 aromatic rings. The number of methoxy groups -OCH3 is 1. The fourth-order valence-corrected chi connectivity index (χ4v) is 7.55. The molecule has 0 spiro atoms. The molecule has 2 heterocycles.